The Labute approximate surface area is 141 Å². The molecule has 0 saturated carbocycles. The monoisotopic (exact) mass is 349 g/mol. The minimum Gasteiger partial charge on any atom is -0.389 e. The van der Waals surface area contributed by atoms with Gasteiger partial charge in [-0.1, -0.05) is 30.1 Å². The molecule has 2 atom stereocenters. The third kappa shape index (κ3) is 3.92. The van der Waals surface area contributed by atoms with Gasteiger partial charge in [0.2, 0.25) is 0 Å². The highest BCUT2D eigenvalue weighted by molar-refractivity contribution is 6.42. The van der Waals surface area contributed by atoms with Crippen LogP contribution in [0.1, 0.15) is 25.3 Å². The topological polar surface area (TPSA) is 32.7 Å². The van der Waals surface area contributed by atoms with Gasteiger partial charge in [-0.3, -0.25) is 4.90 Å². The lowest BCUT2D eigenvalue weighted by atomic mass is 9.80. The number of hydrogen-bond donors (Lipinski definition) is 1. The molecule has 0 bridgehead atoms. The number of aliphatic hydroxyl groups is 1. The Bertz CT molecular complexity index is 529. The van der Waals surface area contributed by atoms with Crippen molar-refractivity contribution in [2.75, 3.05) is 26.8 Å². The zero-order valence-electron chi connectivity index (χ0n) is 12.9. The van der Waals surface area contributed by atoms with Crippen LogP contribution in [0.4, 0.5) is 4.39 Å². The van der Waals surface area contributed by atoms with E-state index < -0.39 is 5.60 Å². The van der Waals surface area contributed by atoms with E-state index in [0.717, 1.165) is 0 Å². The first kappa shape index (κ1) is 18.0. The van der Waals surface area contributed by atoms with Crippen molar-refractivity contribution in [3.8, 4) is 0 Å². The Morgan fingerprint density at radius 2 is 2.18 bits per heavy atom. The van der Waals surface area contributed by atoms with Gasteiger partial charge in [0.05, 0.1) is 15.6 Å². The van der Waals surface area contributed by atoms with E-state index in [0.29, 0.717) is 49.7 Å². The van der Waals surface area contributed by atoms with E-state index in [4.69, 9.17) is 27.9 Å². The maximum atomic E-state index is 14.0. The van der Waals surface area contributed by atoms with Crippen molar-refractivity contribution in [1.82, 2.24) is 4.90 Å². The first-order chi connectivity index (χ1) is 10.4. The Morgan fingerprint density at radius 1 is 1.45 bits per heavy atom. The number of methoxy groups -OCH3 is 1. The SMILES string of the molecule is COCCC1(O)CCN(Cc2c(F)ccc(Cl)c2Cl)CC1C. The van der Waals surface area contributed by atoms with E-state index in [-0.39, 0.29) is 16.8 Å². The number of piperidine rings is 1. The summed E-state index contributed by atoms with van der Waals surface area (Å²) in [7, 11) is 1.63. The van der Waals surface area contributed by atoms with Gasteiger partial charge in [-0.2, -0.15) is 0 Å². The summed E-state index contributed by atoms with van der Waals surface area (Å²) in [4.78, 5) is 2.10. The lowest BCUT2D eigenvalue weighted by Gasteiger charge is -2.43. The second-order valence-electron chi connectivity index (χ2n) is 6.05. The molecule has 22 heavy (non-hydrogen) atoms. The van der Waals surface area contributed by atoms with Crippen molar-refractivity contribution in [2.24, 2.45) is 5.92 Å². The predicted octanol–water partition coefficient (Wildman–Crippen LogP) is 3.74. The third-order valence-electron chi connectivity index (χ3n) is 4.57. The summed E-state index contributed by atoms with van der Waals surface area (Å²) < 4.78 is 19.0. The number of likely N-dealkylation sites (tertiary alicyclic amines) is 1. The molecular weight excluding hydrogens is 328 g/mol. The van der Waals surface area contributed by atoms with Gasteiger partial charge in [-0.05, 0) is 30.9 Å². The lowest BCUT2D eigenvalue weighted by Crippen LogP contribution is -2.51. The molecule has 1 N–H and O–H groups in total. The van der Waals surface area contributed by atoms with E-state index in [1.807, 2.05) is 6.92 Å². The number of hydrogen-bond acceptors (Lipinski definition) is 3. The first-order valence-electron chi connectivity index (χ1n) is 7.43. The highest BCUT2D eigenvalue weighted by Gasteiger charge is 2.38. The first-order valence-corrected chi connectivity index (χ1v) is 8.19. The lowest BCUT2D eigenvalue weighted by molar-refractivity contribution is -0.0828. The molecule has 0 amide bonds. The molecule has 1 fully saturated rings. The molecule has 1 aromatic rings. The smallest absolute Gasteiger partial charge is 0.129 e. The van der Waals surface area contributed by atoms with Gasteiger partial charge in [-0.15, -0.1) is 0 Å². The van der Waals surface area contributed by atoms with E-state index in [2.05, 4.69) is 4.90 Å². The summed E-state index contributed by atoms with van der Waals surface area (Å²) in [5.41, 5.74) is -0.299. The van der Waals surface area contributed by atoms with E-state index >= 15 is 0 Å². The summed E-state index contributed by atoms with van der Waals surface area (Å²) in [6, 6.07) is 2.80. The maximum Gasteiger partial charge on any atom is 0.129 e. The summed E-state index contributed by atoms with van der Waals surface area (Å²) in [6.45, 7) is 4.32. The fourth-order valence-corrected chi connectivity index (χ4v) is 3.37. The average molecular weight is 350 g/mol. The van der Waals surface area contributed by atoms with Gasteiger partial charge in [0.25, 0.3) is 0 Å². The summed E-state index contributed by atoms with van der Waals surface area (Å²) in [6.07, 6.45) is 1.25. The van der Waals surface area contributed by atoms with Gasteiger partial charge in [0.15, 0.2) is 0 Å². The van der Waals surface area contributed by atoms with Crippen molar-refractivity contribution in [1.29, 1.82) is 0 Å². The van der Waals surface area contributed by atoms with Crippen LogP contribution in [-0.4, -0.2) is 42.4 Å². The average Bonchev–Trinajstić information content (AvgIpc) is 2.49. The zero-order chi connectivity index (χ0) is 16.3. The summed E-state index contributed by atoms with van der Waals surface area (Å²) in [5, 5.41) is 11.3. The molecule has 2 rings (SSSR count). The Hall–Kier alpha value is -0.390. The van der Waals surface area contributed by atoms with Crippen LogP contribution in [0, 0.1) is 11.7 Å². The standard InChI is InChI=1S/C16H22Cl2FNO2/c1-11-9-20(7-5-16(11,21)6-8-22-2)10-12-14(19)4-3-13(17)15(12)18/h3-4,11,21H,5-10H2,1-2H3. The van der Waals surface area contributed by atoms with Crippen molar-refractivity contribution in [3.63, 3.8) is 0 Å². The number of halogens is 3. The molecular formula is C16H22Cl2FNO2. The highest BCUT2D eigenvalue weighted by atomic mass is 35.5. The number of ether oxygens (including phenoxy) is 1. The predicted molar refractivity (Wildman–Crippen MR) is 86.9 cm³/mol. The Balaban J connectivity index is 2.04. The summed E-state index contributed by atoms with van der Waals surface area (Å²) >= 11 is 12.1. The fourth-order valence-electron chi connectivity index (χ4n) is 2.98. The van der Waals surface area contributed by atoms with Crippen molar-refractivity contribution in [2.45, 2.75) is 31.9 Å². The number of nitrogens with zero attached hydrogens (tertiary/aromatic N) is 1. The molecule has 0 spiro atoms. The molecule has 1 aromatic carbocycles. The van der Waals surface area contributed by atoms with Crippen molar-refractivity contribution in [3.05, 3.63) is 33.6 Å². The minimum absolute atomic E-state index is 0.0809. The largest absolute Gasteiger partial charge is 0.389 e. The van der Waals surface area contributed by atoms with Crippen LogP contribution in [0.3, 0.4) is 0 Å². The van der Waals surface area contributed by atoms with Gasteiger partial charge in [0.1, 0.15) is 5.82 Å². The van der Waals surface area contributed by atoms with Crippen LogP contribution >= 0.6 is 23.2 Å². The van der Waals surface area contributed by atoms with Crippen LogP contribution in [0.25, 0.3) is 0 Å². The number of benzene rings is 1. The second kappa shape index (κ2) is 7.45. The molecule has 6 heteroatoms. The van der Waals surface area contributed by atoms with E-state index in [1.165, 1.54) is 12.1 Å². The van der Waals surface area contributed by atoms with Crippen LogP contribution in [-0.2, 0) is 11.3 Å². The highest BCUT2D eigenvalue weighted by Crippen LogP contribution is 2.34. The normalized spacial score (nSPS) is 26.4. The van der Waals surface area contributed by atoms with Gasteiger partial charge in [0, 0.05) is 38.9 Å². The molecule has 1 saturated heterocycles. The quantitative estimate of drug-likeness (QED) is 0.821. The molecule has 2 unspecified atom stereocenters. The van der Waals surface area contributed by atoms with Crippen molar-refractivity contribution >= 4 is 23.2 Å². The Kier molecular flexibility index (Phi) is 6.08. The summed E-state index contributed by atoms with van der Waals surface area (Å²) in [5.74, 6) is -0.264. The molecule has 0 aromatic heterocycles. The molecule has 0 aliphatic carbocycles. The van der Waals surface area contributed by atoms with E-state index in [1.54, 1.807) is 7.11 Å². The van der Waals surface area contributed by atoms with Crippen LogP contribution in [0.5, 0.6) is 0 Å². The van der Waals surface area contributed by atoms with Gasteiger partial charge < -0.3 is 9.84 Å². The molecule has 1 heterocycles. The van der Waals surface area contributed by atoms with Gasteiger partial charge >= 0.3 is 0 Å². The second-order valence-corrected chi connectivity index (χ2v) is 6.84. The van der Waals surface area contributed by atoms with Crippen molar-refractivity contribution < 1.29 is 14.2 Å². The van der Waals surface area contributed by atoms with Crippen LogP contribution in [0.15, 0.2) is 12.1 Å². The van der Waals surface area contributed by atoms with Crippen LogP contribution in [0.2, 0.25) is 10.0 Å². The molecule has 0 radical (unpaired) electrons. The number of rotatable bonds is 5. The maximum absolute atomic E-state index is 14.0. The molecule has 124 valence electrons. The fraction of sp³-hybridized carbons (Fsp3) is 0.625. The zero-order valence-corrected chi connectivity index (χ0v) is 14.4. The van der Waals surface area contributed by atoms with E-state index in [9.17, 15) is 9.50 Å². The van der Waals surface area contributed by atoms with Gasteiger partial charge in [-0.25, -0.2) is 4.39 Å². The molecule has 1 aliphatic rings. The molecule has 1 aliphatic heterocycles. The molecule has 3 nitrogen and oxygen atoms in total. The van der Waals surface area contributed by atoms with Crippen LogP contribution < -0.4 is 0 Å². The third-order valence-corrected chi connectivity index (χ3v) is 5.41. The minimum atomic E-state index is -0.719. The Morgan fingerprint density at radius 3 is 2.82 bits per heavy atom.